The minimum absolute atomic E-state index is 0.0125. The average Bonchev–Trinajstić information content (AvgIpc) is 3.02. The SMILES string of the molecule is CC(=O)N1c2ccc(S(=O)(=O)NCCCNC(=O)c3ccccc3F)cc2CC1C. The third-order valence-electron chi connectivity index (χ3n) is 4.97. The summed E-state index contributed by atoms with van der Waals surface area (Å²) in [6.07, 6.45) is 0.944. The van der Waals surface area contributed by atoms with Crippen LogP contribution in [-0.2, 0) is 21.2 Å². The molecule has 2 aromatic carbocycles. The maximum absolute atomic E-state index is 13.6. The number of sulfonamides is 1. The van der Waals surface area contributed by atoms with Crippen LogP contribution in [-0.4, -0.2) is 39.4 Å². The van der Waals surface area contributed by atoms with Gasteiger partial charge in [-0.1, -0.05) is 12.1 Å². The second-order valence-corrected chi connectivity index (χ2v) is 8.99. The summed E-state index contributed by atoms with van der Waals surface area (Å²) in [7, 11) is -3.72. The van der Waals surface area contributed by atoms with E-state index in [9.17, 15) is 22.4 Å². The van der Waals surface area contributed by atoms with Gasteiger partial charge in [0.25, 0.3) is 5.91 Å². The van der Waals surface area contributed by atoms with Crippen LogP contribution in [0.25, 0.3) is 0 Å². The van der Waals surface area contributed by atoms with E-state index in [2.05, 4.69) is 10.0 Å². The van der Waals surface area contributed by atoms with Crippen molar-refractivity contribution in [2.45, 2.75) is 37.6 Å². The number of nitrogens with zero attached hydrogens (tertiary/aromatic N) is 1. The Bertz CT molecular complexity index is 1070. The zero-order valence-corrected chi connectivity index (χ0v) is 17.6. The van der Waals surface area contributed by atoms with Gasteiger partial charge < -0.3 is 10.2 Å². The van der Waals surface area contributed by atoms with Crippen LogP contribution in [0.4, 0.5) is 10.1 Å². The number of fused-ring (bicyclic) bond motifs is 1. The van der Waals surface area contributed by atoms with Crippen LogP contribution in [0.1, 0.15) is 36.2 Å². The normalized spacial score (nSPS) is 15.7. The summed E-state index contributed by atoms with van der Waals surface area (Å²) >= 11 is 0. The number of anilines is 1. The molecule has 1 unspecified atom stereocenters. The first-order chi connectivity index (χ1) is 14.2. The first-order valence-electron chi connectivity index (χ1n) is 9.66. The smallest absolute Gasteiger partial charge is 0.254 e. The van der Waals surface area contributed by atoms with Crippen molar-refractivity contribution in [2.24, 2.45) is 0 Å². The molecule has 7 nitrogen and oxygen atoms in total. The van der Waals surface area contributed by atoms with Crippen LogP contribution in [0, 0.1) is 5.82 Å². The number of nitrogens with one attached hydrogen (secondary N) is 2. The number of hydrogen-bond acceptors (Lipinski definition) is 4. The fourth-order valence-electron chi connectivity index (χ4n) is 3.58. The van der Waals surface area contributed by atoms with E-state index < -0.39 is 21.7 Å². The Morgan fingerprint density at radius 2 is 1.90 bits per heavy atom. The van der Waals surface area contributed by atoms with Crippen LogP contribution in [0.5, 0.6) is 0 Å². The van der Waals surface area contributed by atoms with Gasteiger partial charge in [0.15, 0.2) is 0 Å². The highest BCUT2D eigenvalue weighted by atomic mass is 32.2. The number of amides is 2. The van der Waals surface area contributed by atoms with Crippen LogP contribution >= 0.6 is 0 Å². The van der Waals surface area contributed by atoms with E-state index in [1.807, 2.05) is 6.92 Å². The second kappa shape index (κ2) is 8.93. The Kier molecular flexibility index (Phi) is 6.52. The third kappa shape index (κ3) is 4.68. The van der Waals surface area contributed by atoms with Crippen molar-refractivity contribution >= 4 is 27.5 Å². The lowest BCUT2D eigenvalue weighted by atomic mass is 10.1. The molecule has 0 bridgehead atoms. The minimum Gasteiger partial charge on any atom is -0.352 e. The molecule has 1 aliphatic rings. The molecule has 9 heteroatoms. The topological polar surface area (TPSA) is 95.6 Å². The first kappa shape index (κ1) is 21.9. The Morgan fingerprint density at radius 3 is 2.60 bits per heavy atom. The predicted molar refractivity (Wildman–Crippen MR) is 111 cm³/mol. The second-order valence-electron chi connectivity index (χ2n) is 7.22. The highest BCUT2D eigenvalue weighted by Crippen LogP contribution is 2.33. The lowest BCUT2D eigenvalue weighted by Gasteiger charge is -2.20. The van der Waals surface area contributed by atoms with E-state index in [-0.39, 0.29) is 35.5 Å². The molecular formula is C21H24FN3O4S. The Hall–Kier alpha value is -2.78. The van der Waals surface area contributed by atoms with Crippen LogP contribution in [0.2, 0.25) is 0 Å². The van der Waals surface area contributed by atoms with Gasteiger partial charge in [-0.3, -0.25) is 9.59 Å². The van der Waals surface area contributed by atoms with Crippen molar-refractivity contribution in [3.05, 3.63) is 59.4 Å². The van der Waals surface area contributed by atoms with Gasteiger partial charge in [-0.2, -0.15) is 0 Å². The van der Waals surface area contributed by atoms with Gasteiger partial charge >= 0.3 is 0 Å². The number of benzene rings is 2. The fraction of sp³-hybridized carbons (Fsp3) is 0.333. The zero-order chi connectivity index (χ0) is 21.9. The van der Waals surface area contributed by atoms with Gasteiger partial charge in [0.2, 0.25) is 15.9 Å². The number of rotatable bonds is 7. The molecule has 2 amide bonds. The van der Waals surface area contributed by atoms with E-state index in [0.717, 1.165) is 11.3 Å². The summed E-state index contributed by atoms with van der Waals surface area (Å²) in [5, 5.41) is 2.57. The van der Waals surface area contributed by atoms with Gasteiger partial charge in [-0.05, 0) is 55.7 Å². The maximum Gasteiger partial charge on any atom is 0.254 e. The van der Waals surface area contributed by atoms with E-state index in [4.69, 9.17) is 0 Å². The van der Waals surface area contributed by atoms with Crippen molar-refractivity contribution in [3.63, 3.8) is 0 Å². The van der Waals surface area contributed by atoms with Crippen molar-refractivity contribution < 1.29 is 22.4 Å². The molecule has 0 aliphatic carbocycles. The van der Waals surface area contributed by atoms with Crippen molar-refractivity contribution in [1.82, 2.24) is 10.0 Å². The maximum atomic E-state index is 13.6. The van der Waals surface area contributed by atoms with Crippen LogP contribution in [0.3, 0.4) is 0 Å². The van der Waals surface area contributed by atoms with Gasteiger partial charge in [0.1, 0.15) is 5.82 Å². The molecule has 30 heavy (non-hydrogen) atoms. The van der Waals surface area contributed by atoms with Crippen LogP contribution < -0.4 is 14.9 Å². The van der Waals surface area contributed by atoms with E-state index in [1.165, 1.54) is 31.2 Å². The average molecular weight is 434 g/mol. The molecule has 0 radical (unpaired) electrons. The first-order valence-corrected chi connectivity index (χ1v) is 11.1. The number of carbonyl (C=O) groups is 2. The highest BCUT2D eigenvalue weighted by Gasteiger charge is 2.30. The molecule has 1 aliphatic heterocycles. The monoisotopic (exact) mass is 433 g/mol. The number of carbonyl (C=O) groups excluding carboxylic acids is 2. The van der Waals surface area contributed by atoms with Gasteiger partial charge in [0.05, 0.1) is 10.5 Å². The molecule has 2 aromatic rings. The molecule has 0 saturated heterocycles. The predicted octanol–water partition coefficient (Wildman–Crippen LogP) is 2.22. The molecule has 0 spiro atoms. The summed E-state index contributed by atoms with van der Waals surface area (Å²) in [4.78, 5) is 25.5. The largest absolute Gasteiger partial charge is 0.352 e. The van der Waals surface area contributed by atoms with Gasteiger partial charge in [-0.25, -0.2) is 17.5 Å². The van der Waals surface area contributed by atoms with E-state index >= 15 is 0 Å². The Balaban J connectivity index is 1.54. The molecule has 1 atom stereocenters. The lowest BCUT2D eigenvalue weighted by Crippen LogP contribution is -2.33. The zero-order valence-electron chi connectivity index (χ0n) is 16.8. The third-order valence-corrected chi connectivity index (χ3v) is 6.42. The summed E-state index contributed by atoms with van der Waals surface area (Å²) in [5.41, 5.74) is 1.51. The number of hydrogen-bond donors (Lipinski definition) is 2. The highest BCUT2D eigenvalue weighted by molar-refractivity contribution is 7.89. The molecular weight excluding hydrogens is 409 g/mol. The van der Waals surface area contributed by atoms with Gasteiger partial charge in [0, 0.05) is 31.7 Å². The van der Waals surface area contributed by atoms with E-state index in [0.29, 0.717) is 12.8 Å². The van der Waals surface area contributed by atoms with Crippen molar-refractivity contribution in [1.29, 1.82) is 0 Å². The molecule has 1 heterocycles. The quantitative estimate of drug-likeness (QED) is 0.655. The summed E-state index contributed by atoms with van der Waals surface area (Å²) in [6, 6.07) is 10.4. The molecule has 2 N–H and O–H groups in total. The molecule has 0 fully saturated rings. The Labute approximate surface area is 175 Å². The van der Waals surface area contributed by atoms with E-state index in [1.54, 1.807) is 23.1 Å². The molecule has 0 saturated carbocycles. The van der Waals surface area contributed by atoms with Crippen LogP contribution in [0.15, 0.2) is 47.4 Å². The molecule has 0 aromatic heterocycles. The van der Waals surface area contributed by atoms with Gasteiger partial charge in [-0.15, -0.1) is 0 Å². The standard InChI is InChI=1S/C21H24FN3O4S/c1-14-12-16-13-17(8-9-20(16)25(14)15(2)26)30(28,29)24-11-5-10-23-21(27)18-6-3-4-7-19(18)22/h3-4,6-9,13-14,24H,5,10-12H2,1-2H3,(H,23,27). The Morgan fingerprint density at radius 1 is 1.17 bits per heavy atom. The fourth-order valence-corrected chi connectivity index (χ4v) is 4.70. The lowest BCUT2D eigenvalue weighted by molar-refractivity contribution is -0.116. The summed E-state index contributed by atoms with van der Waals surface area (Å²) in [6.45, 7) is 3.73. The summed E-state index contributed by atoms with van der Waals surface area (Å²) in [5.74, 6) is -1.23. The molecule has 3 rings (SSSR count). The summed E-state index contributed by atoms with van der Waals surface area (Å²) < 4.78 is 41.2. The van der Waals surface area contributed by atoms with Crippen molar-refractivity contribution in [3.8, 4) is 0 Å². The van der Waals surface area contributed by atoms with Crippen molar-refractivity contribution in [2.75, 3.05) is 18.0 Å². The molecule has 160 valence electrons. The minimum atomic E-state index is -3.72. The number of halogens is 1.